The molecule has 3 rings (SSSR count). The fourth-order valence-corrected chi connectivity index (χ4v) is 2.82. The number of nitrogens with zero attached hydrogens (tertiary/aromatic N) is 1. The molecule has 3 aromatic rings. The molecule has 0 saturated heterocycles. The molecule has 25 heavy (non-hydrogen) atoms. The van der Waals surface area contributed by atoms with Gasteiger partial charge in [-0.1, -0.05) is 54.6 Å². The molecular weight excluding hydrogens is 314 g/mol. The number of methoxy groups -OCH3 is 1. The Bertz CT molecular complexity index is 933. The second-order valence-corrected chi connectivity index (χ2v) is 5.82. The molecule has 0 fully saturated rings. The van der Waals surface area contributed by atoms with Gasteiger partial charge in [0.1, 0.15) is 0 Å². The molecule has 0 unspecified atom stereocenters. The highest BCUT2D eigenvalue weighted by Crippen LogP contribution is 2.22. The summed E-state index contributed by atoms with van der Waals surface area (Å²) in [4.78, 5) is 26.1. The lowest BCUT2D eigenvalue weighted by Crippen LogP contribution is -2.29. The van der Waals surface area contributed by atoms with Gasteiger partial charge in [0.2, 0.25) is 5.91 Å². The van der Waals surface area contributed by atoms with Gasteiger partial charge >= 0.3 is 5.97 Å². The van der Waals surface area contributed by atoms with Crippen LogP contribution >= 0.6 is 0 Å². The van der Waals surface area contributed by atoms with E-state index in [0.717, 1.165) is 16.3 Å². The lowest BCUT2D eigenvalue weighted by Gasteiger charge is -2.20. The minimum atomic E-state index is -0.457. The topological polar surface area (TPSA) is 46.6 Å². The summed E-state index contributed by atoms with van der Waals surface area (Å²) in [6.45, 7) is 0. The second-order valence-electron chi connectivity index (χ2n) is 5.82. The molecule has 0 aliphatic carbocycles. The van der Waals surface area contributed by atoms with Gasteiger partial charge in [-0.2, -0.15) is 0 Å². The molecule has 3 aromatic carbocycles. The Morgan fingerprint density at radius 3 is 2.36 bits per heavy atom. The van der Waals surface area contributed by atoms with Crippen LogP contribution in [-0.2, 0) is 16.0 Å². The molecule has 126 valence electrons. The van der Waals surface area contributed by atoms with Crippen molar-refractivity contribution in [3.8, 4) is 0 Å². The Morgan fingerprint density at radius 2 is 1.60 bits per heavy atom. The van der Waals surface area contributed by atoms with E-state index in [0.29, 0.717) is 11.3 Å². The summed E-state index contributed by atoms with van der Waals surface area (Å²) in [5, 5.41) is 2.24. The van der Waals surface area contributed by atoms with Crippen molar-refractivity contribution >= 4 is 28.3 Å². The van der Waals surface area contributed by atoms with Crippen LogP contribution in [-0.4, -0.2) is 26.0 Å². The summed E-state index contributed by atoms with van der Waals surface area (Å²) in [5.74, 6) is -0.549. The van der Waals surface area contributed by atoms with Crippen LogP contribution in [0.3, 0.4) is 0 Å². The number of fused-ring (bicyclic) bond motifs is 1. The summed E-state index contributed by atoms with van der Waals surface area (Å²) in [7, 11) is 3.00. The third-order valence-electron chi connectivity index (χ3n) is 4.21. The first-order valence-corrected chi connectivity index (χ1v) is 8.01. The van der Waals surface area contributed by atoms with Gasteiger partial charge < -0.3 is 9.64 Å². The first-order chi connectivity index (χ1) is 12.1. The van der Waals surface area contributed by atoms with Gasteiger partial charge in [-0.25, -0.2) is 4.79 Å². The number of carbonyl (C=O) groups excluding carboxylic acids is 2. The zero-order valence-electron chi connectivity index (χ0n) is 14.2. The number of rotatable bonds is 4. The predicted octanol–water partition coefficient (Wildman–Crippen LogP) is 3.83. The van der Waals surface area contributed by atoms with E-state index in [4.69, 9.17) is 4.74 Å². The maximum absolute atomic E-state index is 12.7. The van der Waals surface area contributed by atoms with E-state index in [2.05, 4.69) is 0 Å². The number of carbonyl (C=O) groups is 2. The molecule has 0 heterocycles. The highest BCUT2D eigenvalue weighted by atomic mass is 16.5. The first kappa shape index (κ1) is 16.7. The van der Waals surface area contributed by atoms with Gasteiger partial charge in [0, 0.05) is 7.05 Å². The molecule has 0 bridgehead atoms. The standard InChI is InChI=1S/C21H19NO3/c1-22(19-10-6-5-9-18(19)21(24)25-2)20(23)14-15-11-12-16-7-3-4-8-17(16)13-15/h3-13H,14H2,1-2H3. The van der Waals surface area contributed by atoms with Crippen molar-refractivity contribution in [3.05, 3.63) is 77.9 Å². The molecule has 4 nitrogen and oxygen atoms in total. The number of esters is 1. The van der Waals surface area contributed by atoms with Crippen LogP contribution in [0.2, 0.25) is 0 Å². The molecule has 0 aromatic heterocycles. The van der Waals surface area contributed by atoms with Crippen LogP contribution in [0.5, 0.6) is 0 Å². The fraction of sp³-hybridized carbons (Fsp3) is 0.143. The second kappa shape index (κ2) is 7.18. The molecule has 4 heteroatoms. The molecule has 0 aliphatic rings. The largest absolute Gasteiger partial charge is 0.465 e. The fourth-order valence-electron chi connectivity index (χ4n) is 2.82. The average molecular weight is 333 g/mol. The van der Waals surface area contributed by atoms with Crippen molar-refractivity contribution in [1.29, 1.82) is 0 Å². The molecule has 0 atom stereocenters. The molecule has 1 amide bonds. The number of para-hydroxylation sites is 1. The highest BCUT2D eigenvalue weighted by Gasteiger charge is 2.19. The van der Waals surface area contributed by atoms with Crippen molar-refractivity contribution in [2.24, 2.45) is 0 Å². The molecule has 0 N–H and O–H groups in total. The van der Waals surface area contributed by atoms with Crippen LogP contribution in [0, 0.1) is 0 Å². The van der Waals surface area contributed by atoms with Gasteiger partial charge in [-0.3, -0.25) is 4.79 Å². The smallest absolute Gasteiger partial charge is 0.339 e. The minimum Gasteiger partial charge on any atom is -0.465 e. The summed E-state index contributed by atoms with van der Waals surface area (Å²) in [5.41, 5.74) is 1.85. The van der Waals surface area contributed by atoms with Crippen LogP contribution in [0.1, 0.15) is 15.9 Å². The number of benzene rings is 3. The summed E-state index contributed by atoms with van der Waals surface area (Å²) in [6.07, 6.45) is 0.261. The van der Waals surface area contributed by atoms with E-state index in [-0.39, 0.29) is 12.3 Å². The lowest BCUT2D eigenvalue weighted by molar-refractivity contribution is -0.117. The highest BCUT2D eigenvalue weighted by molar-refractivity contribution is 6.03. The van der Waals surface area contributed by atoms with Crippen LogP contribution < -0.4 is 4.90 Å². The maximum atomic E-state index is 12.7. The molecule has 0 aliphatic heterocycles. The number of likely N-dealkylation sites (N-methyl/N-ethyl adjacent to an activating group) is 1. The van der Waals surface area contributed by atoms with Crippen LogP contribution in [0.25, 0.3) is 10.8 Å². The number of amides is 1. The number of ether oxygens (including phenoxy) is 1. The Labute approximate surface area is 146 Å². The van der Waals surface area contributed by atoms with Crippen molar-refractivity contribution < 1.29 is 14.3 Å². The van der Waals surface area contributed by atoms with Crippen molar-refractivity contribution in [3.63, 3.8) is 0 Å². The van der Waals surface area contributed by atoms with Crippen molar-refractivity contribution in [1.82, 2.24) is 0 Å². The Balaban J connectivity index is 1.84. The van der Waals surface area contributed by atoms with E-state index < -0.39 is 5.97 Å². The zero-order valence-corrected chi connectivity index (χ0v) is 14.2. The molecule has 0 spiro atoms. The SMILES string of the molecule is COC(=O)c1ccccc1N(C)C(=O)Cc1ccc2ccccc2c1. The normalized spacial score (nSPS) is 10.5. The van der Waals surface area contributed by atoms with Gasteiger partial charge in [-0.15, -0.1) is 0 Å². The third kappa shape index (κ3) is 3.53. The third-order valence-corrected chi connectivity index (χ3v) is 4.21. The zero-order chi connectivity index (χ0) is 17.8. The summed E-state index contributed by atoms with van der Waals surface area (Å²) in [6, 6.07) is 21.0. The minimum absolute atomic E-state index is 0.0911. The summed E-state index contributed by atoms with van der Waals surface area (Å²) < 4.78 is 4.80. The van der Waals surface area contributed by atoms with Crippen LogP contribution in [0.15, 0.2) is 66.7 Å². The van der Waals surface area contributed by atoms with Gasteiger partial charge in [0.05, 0.1) is 24.8 Å². The van der Waals surface area contributed by atoms with Crippen LogP contribution in [0.4, 0.5) is 5.69 Å². The maximum Gasteiger partial charge on any atom is 0.339 e. The van der Waals surface area contributed by atoms with E-state index in [1.165, 1.54) is 12.0 Å². The van der Waals surface area contributed by atoms with Crippen molar-refractivity contribution in [2.45, 2.75) is 6.42 Å². The van der Waals surface area contributed by atoms with E-state index in [1.807, 2.05) is 42.5 Å². The quantitative estimate of drug-likeness (QED) is 0.682. The van der Waals surface area contributed by atoms with Crippen molar-refractivity contribution in [2.75, 3.05) is 19.1 Å². The number of hydrogen-bond acceptors (Lipinski definition) is 3. The molecule has 0 radical (unpaired) electrons. The van der Waals surface area contributed by atoms with E-state index in [1.54, 1.807) is 31.3 Å². The Morgan fingerprint density at radius 1 is 0.920 bits per heavy atom. The summed E-state index contributed by atoms with van der Waals surface area (Å²) >= 11 is 0. The lowest BCUT2D eigenvalue weighted by atomic mass is 10.0. The predicted molar refractivity (Wildman–Crippen MR) is 98.8 cm³/mol. The molecular formula is C21H19NO3. The van der Waals surface area contributed by atoms with E-state index in [9.17, 15) is 9.59 Å². The Hall–Kier alpha value is -3.14. The van der Waals surface area contributed by atoms with Gasteiger partial charge in [0.15, 0.2) is 0 Å². The van der Waals surface area contributed by atoms with E-state index >= 15 is 0 Å². The Kier molecular flexibility index (Phi) is 4.80. The number of anilines is 1. The number of hydrogen-bond donors (Lipinski definition) is 0. The molecule has 0 saturated carbocycles. The monoisotopic (exact) mass is 333 g/mol. The van der Waals surface area contributed by atoms with Gasteiger partial charge in [-0.05, 0) is 28.5 Å². The van der Waals surface area contributed by atoms with Gasteiger partial charge in [0.25, 0.3) is 0 Å². The first-order valence-electron chi connectivity index (χ1n) is 8.01. The average Bonchev–Trinajstić information content (AvgIpc) is 2.66.